The van der Waals surface area contributed by atoms with E-state index in [1.807, 2.05) is 12.1 Å². The fraction of sp³-hybridized carbons (Fsp3) is 0.588. The van der Waals surface area contributed by atoms with Crippen molar-refractivity contribution in [2.45, 2.75) is 43.8 Å². The number of piperidine rings is 1. The number of nitrogens with one attached hydrogen (secondary N) is 1. The zero-order valence-corrected chi connectivity index (χ0v) is 15.5. The number of hydrogen-bond donors (Lipinski definition) is 1. The number of ether oxygens (including phenoxy) is 1. The zero-order valence-electron chi connectivity index (χ0n) is 14.7. The number of hydrogen-bond acceptors (Lipinski definition) is 5. The van der Waals surface area contributed by atoms with Gasteiger partial charge in [-0.2, -0.15) is 4.68 Å². The van der Waals surface area contributed by atoms with Gasteiger partial charge in [-0.25, -0.2) is 0 Å². The third kappa shape index (κ3) is 3.89. The van der Waals surface area contributed by atoms with Gasteiger partial charge in [-0.15, -0.1) is 5.10 Å². The summed E-state index contributed by atoms with van der Waals surface area (Å²) in [7, 11) is 3.99. The number of thioether (sulfide) groups is 1. The van der Waals surface area contributed by atoms with Crippen LogP contribution in [-0.4, -0.2) is 52.7 Å². The number of nitrogens with zero attached hydrogens (tertiary/aromatic N) is 4. The molecule has 7 heteroatoms. The maximum Gasteiger partial charge on any atom is 0.214 e. The molecule has 1 aromatic carbocycles. The normalized spacial score (nSPS) is 21.0. The van der Waals surface area contributed by atoms with Gasteiger partial charge in [-0.1, -0.05) is 17.8 Å². The second-order valence-corrected chi connectivity index (χ2v) is 7.54. The van der Waals surface area contributed by atoms with Crippen molar-refractivity contribution in [2.75, 3.05) is 26.5 Å². The Morgan fingerprint density at radius 1 is 1.38 bits per heavy atom. The van der Waals surface area contributed by atoms with Crippen LogP contribution in [0.1, 0.15) is 31.2 Å². The van der Waals surface area contributed by atoms with Crippen LogP contribution in [0.25, 0.3) is 5.69 Å². The summed E-state index contributed by atoms with van der Waals surface area (Å²) in [5.41, 5.74) is 2.05. The van der Waals surface area contributed by atoms with E-state index in [2.05, 4.69) is 35.6 Å². The lowest BCUT2D eigenvalue weighted by atomic mass is 10.0. The molecule has 0 amide bonds. The van der Waals surface area contributed by atoms with E-state index >= 15 is 0 Å². The van der Waals surface area contributed by atoms with Crippen molar-refractivity contribution < 1.29 is 9.64 Å². The number of tetrazole rings is 1. The Morgan fingerprint density at radius 3 is 3.04 bits per heavy atom. The number of likely N-dealkylation sites (tertiary alicyclic amines) is 1. The van der Waals surface area contributed by atoms with Crippen LogP contribution in [-0.2, 0) is 0 Å². The molecule has 24 heavy (non-hydrogen) atoms. The summed E-state index contributed by atoms with van der Waals surface area (Å²) in [5.74, 6) is 1.82. The van der Waals surface area contributed by atoms with Gasteiger partial charge in [0.15, 0.2) is 0 Å². The SMILES string of the molecule is COc1ccc(C)cc1-n1nnnc1SCC[C@H]1CCCC[NH+]1C. The molecule has 130 valence electrons. The molecule has 0 saturated carbocycles. The highest BCUT2D eigenvalue weighted by Crippen LogP contribution is 2.27. The average Bonchev–Trinajstić information content (AvgIpc) is 3.05. The molecule has 6 nitrogen and oxygen atoms in total. The molecule has 1 aromatic heterocycles. The second-order valence-electron chi connectivity index (χ2n) is 6.47. The molecule has 0 aliphatic carbocycles. The quantitative estimate of drug-likeness (QED) is 0.803. The highest BCUT2D eigenvalue weighted by Gasteiger charge is 2.22. The van der Waals surface area contributed by atoms with Gasteiger partial charge in [0.25, 0.3) is 0 Å². The topological polar surface area (TPSA) is 57.3 Å². The molecule has 1 aliphatic heterocycles. The molecule has 0 radical (unpaired) electrons. The Kier molecular flexibility index (Phi) is 5.73. The Balaban J connectivity index is 1.68. The fourth-order valence-corrected chi connectivity index (χ4v) is 4.25. The number of aromatic nitrogens is 4. The lowest BCUT2D eigenvalue weighted by Gasteiger charge is -2.29. The van der Waals surface area contributed by atoms with Gasteiger partial charge in [0.2, 0.25) is 5.16 Å². The van der Waals surface area contributed by atoms with Crippen LogP contribution < -0.4 is 9.64 Å². The van der Waals surface area contributed by atoms with Crippen molar-refractivity contribution in [2.24, 2.45) is 0 Å². The lowest BCUT2D eigenvalue weighted by molar-refractivity contribution is -0.911. The number of rotatable bonds is 6. The van der Waals surface area contributed by atoms with Crippen LogP contribution in [0.4, 0.5) is 0 Å². The molecule has 1 fully saturated rings. The summed E-state index contributed by atoms with van der Waals surface area (Å²) in [6.45, 7) is 3.36. The van der Waals surface area contributed by atoms with E-state index in [9.17, 15) is 0 Å². The summed E-state index contributed by atoms with van der Waals surface area (Å²) >= 11 is 1.73. The molecule has 1 aliphatic rings. The van der Waals surface area contributed by atoms with E-state index < -0.39 is 0 Å². The van der Waals surface area contributed by atoms with E-state index in [0.29, 0.717) is 0 Å². The zero-order chi connectivity index (χ0) is 16.9. The Bertz CT molecular complexity index is 675. The highest BCUT2D eigenvalue weighted by atomic mass is 32.2. The Morgan fingerprint density at radius 2 is 2.25 bits per heavy atom. The van der Waals surface area contributed by atoms with Crippen molar-refractivity contribution in [3.05, 3.63) is 23.8 Å². The van der Waals surface area contributed by atoms with Crippen LogP contribution >= 0.6 is 11.8 Å². The van der Waals surface area contributed by atoms with E-state index in [1.54, 1.807) is 28.5 Å². The lowest BCUT2D eigenvalue weighted by Crippen LogP contribution is -3.13. The Hall–Kier alpha value is -1.60. The molecule has 1 N–H and O–H groups in total. The van der Waals surface area contributed by atoms with Gasteiger partial charge >= 0.3 is 0 Å². The van der Waals surface area contributed by atoms with Crippen molar-refractivity contribution in [1.29, 1.82) is 0 Å². The first-order valence-electron chi connectivity index (χ1n) is 8.57. The average molecular weight is 348 g/mol. The standard InChI is InChI=1S/C17H25N5OS/c1-13-7-8-16(23-3)15(12-13)22-17(18-19-20-22)24-11-9-14-6-4-5-10-21(14)2/h7-8,12,14H,4-6,9-11H2,1-3H3/p+1/t14-/m1/s1. The summed E-state index contributed by atoms with van der Waals surface area (Å²) in [6.07, 6.45) is 5.27. The molecule has 2 atom stereocenters. The third-order valence-corrected chi connectivity index (χ3v) is 5.72. The summed E-state index contributed by atoms with van der Waals surface area (Å²) < 4.78 is 7.25. The number of benzene rings is 1. The minimum atomic E-state index is 0.768. The van der Waals surface area contributed by atoms with Gasteiger partial charge < -0.3 is 9.64 Å². The minimum absolute atomic E-state index is 0.768. The van der Waals surface area contributed by atoms with E-state index in [4.69, 9.17) is 4.74 Å². The van der Waals surface area contributed by atoms with E-state index in [1.165, 1.54) is 32.2 Å². The van der Waals surface area contributed by atoms with Crippen molar-refractivity contribution in [3.8, 4) is 11.4 Å². The van der Waals surface area contributed by atoms with Crippen molar-refractivity contribution >= 4 is 11.8 Å². The number of aryl methyl sites for hydroxylation is 1. The first kappa shape index (κ1) is 17.2. The van der Waals surface area contributed by atoms with Crippen molar-refractivity contribution in [1.82, 2.24) is 20.2 Å². The highest BCUT2D eigenvalue weighted by molar-refractivity contribution is 7.99. The summed E-state index contributed by atoms with van der Waals surface area (Å²) in [5, 5.41) is 13.1. The largest absolute Gasteiger partial charge is 0.494 e. The molecule has 3 rings (SSSR count). The smallest absolute Gasteiger partial charge is 0.214 e. The van der Waals surface area contributed by atoms with E-state index in [-0.39, 0.29) is 0 Å². The summed E-state index contributed by atoms with van der Waals surface area (Å²) in [6, 6.07) is 6.81. The first-order chi connectivity index (χ1) is 11.7. The first-order valence-corrected chi connectivity index (χ1v) is 9.56. The molecular weight excluding hydrogens is 322 g/mol. The molecule has 0 spiro atoms. The molecular formula is C17H26N5OS+. The molecule has 2 aromatic rings. The number of methoxy groups -OCH3 is 1. The van der Waals surface area contributed by atoms with Gasteiger partial charge in [0.05, 0.1) is 26.7 Å². The second kappa shape index (κ2) is 7.98. The molecule has 2 heterocycles. The maximum atomic E-state index is 5.46. The van der Waals surface area contributed by atoms with E-state index in [0.717, 1.165) is 34.0 Å². The van der Waals surface area contributed by atoms with Crippen LogP contribution in [0.3, 0.4) is 0 Å². The van der Waals surface area contributed by atoms with Crippen molar-refractivity contribution in [3.63, 3.8) is 0 Å². The molecule has 0 bridgehead atoms. The predicted octanol–water partition coefficient (Wildman–Crippen LogP) is 1.53. The number of quaternary nitrogens is 1. The summed E-state index contributed by atoms with van der Waals surface area (Å²) in [4.78, 5) is 1.67. The van der Waals surface area contributed by atoms with Gasteiger partial charge in [-0.3, -0.25) is 0 Å². The van der Waals surface area contributed by atoms with Gasteiger partial charge in [0.1, 0.15) is 11.4 Å². The monoisotopic (exact) mass is 348 g/mol. The van der Waals surface area contributed by atoms with Crippen LogP contribution in [0.15, 0.2) is 23.4 Å². The maximum absolute atomic E-state index is 5.46. The van der Waals surface area contributed by atoms with Gasteiger partial charge in [-0.05, 0) is 54.3 Å². The molecule has 1 unspecified atom stereocenters. The predicted molar refractivity (Wildman–Crippen MR) is 95.2 cm³/mol. The third-order valence-electron chi connectivity index (χ3n) is 4.77. The molecule has 1 saturated heterocycles. The Labute approximate surface area is 147 Å². The van der Waals surface area contributed by atoms with Gasteiger partial charge in [0, 0.05) is 12.2 Å². The fourth-order valence-electron chi connectivity index (χ4n) is 3.31. The minimum Gasteiger partial charge on any atom is -0.494 e. The van der Waals surface area contributed by atoms with Crippen LogP contribution in [0.5, 0.6) is 5.75 Å². The van der Waals surface area contributed by atoms with Crippen LogP contribution in [0, 0.1) is 6.92 Å². The van der Waals surface area contributed by atoms with Crippen LogP contribution in [0.2, 0.25) is 0 Å².